The maximum Gasteiger partial charge on any atom is 0.435 e. The molecular weight excluding hydrogens is 240 g/mol. The number of amides is 1. The third-order valence-corrected chi connectivity index (χ3v) is 2.24. The minimum absolute atomic E-state index is 0.0982. The molecule has 0 aromatic rings. The predicted molar refractivity (Wildman–Crippen MR) is 80.1 cm³/mol. The van der Waals surface area contributed by atoms with Crippen LogP contribution in [0.25, 0.3) is 0 Å². The smallest absolute Gasteiger partial charge is 0.435 e. The summed E-state index contributed by atoms with van der Waals surface area (Å²) < 4.78 is 4.92. The first kappa shape index (κ1) is 16.9. The van der Waals surface area contributed by atoms with Crippen molar-refractivity contribution in [2.45, 2.75) is 27.2 Å². The molecule has 0 unspecified atom stereocenters. The SMILES string of the molecule is C=C(/C=C\C=C/CC)COC(=O)/N=C(N)\C(C)=C\C. The second-order valence-corrected chi connectivity index (χ2v) is 3.88. The summed E-state index contributed by atoms with van der Waals surface area (Å²) in [5.74, 6) is 0.166. The van der Waals surface area contributed by atoms with Crippen LogP contribution in [0.4, 0.5) is 4.79 Å². The van der Waals surface area contributed by atoms with Crippen LogP contribution >= 0.6 is 0 Å². The Hall–Kier alpha value is -2.10. The first-order valence-corrected chi connectivity index (χ1v) is 6.16. The molecule has 2 N–H and O–H groups in total. The van der Waals surface area contributed by atoms with Gasteiger partial charge < -0.3 is 10.5 Å². The van der Waals surface area contributed by atoms with E-state index in [0.29, 0.717) is 5.57 Å². The van der Waals surface area contributed by atoms with E-state index in [2.05, 4.69) is 18.5 Å². The third kappa shape index (κ3) is 8.60. The lowest BCUT2D eigenvalue weighted by Crippen LogP contribution is -2.16. The van der Waals surface area contributed by atoms with Gasteiger partial charge in [-0.3, -0.25) is 0 Å². The highest BCUT2D eigenvalue weighted by atomic mass is 16.5. The van der Waals surface area contributed by atoms with Crippen LogP contribution in [0.5, 0.6) is 0 Å². The van der Waals surface area contributed by atoms with Crippen LogP contribution in [0.3, 0.4) is 0 Å². The minimum Gasteiger partial charge on any atom is -0.443 e. The van der Waals surface area contributed by atoms with Crippen molar-refractivity contribution in [3.63, 3.8) is 0 Å². The number of amidine groups is 1. The van der Waals surface area contributed by atoms with E-state index in [1.54, 1.807) is 19.1 Å². The number of carbonyl (C=O) groups excluding carboxylic acids is 1. The number of hydrogen-bond acceptors (Lipinski definition) is 2. The number of allylic oxidation sites excluding steroid dienone is 4. The molecule has 0 atom stereocenters. The molecule has 0 heterocycles. The van der Waals surface area contributed by atoms with Crippen molar-refractivity contribution in [1.29, 1.82) is 0 Å². The quantitative estimate of drug-likeness (QED) is 0.452. The van der Waals surface area contributed by atoms with Gasteiger partial charge in [-0.15, -0.1) is 0 Å². The Morgan fingerprint density at radius 3 is 2.68 bits per heavy atom. The molecule has 4 nitrogen and oxygen atoms in total. The largest absolute Gasteiger partial charge is 0.443 e. The van der Waals surface area contributed by atoms with Crippen molar-refractivity contribution in [3.8, 4) is 0 Å². The van der Waals surface area contributed by atoms with Crippen LogP contribution in [-0.4, -0.2) is 18.5 Å². The number of hydrogen-bond donors (Lipinski definition) is 1. The van der Waals surface area contributed by atoms with E-state index in [1.165, 1.54) is 0 Å². The molecule has 0 aliphatic heterocycles. The van der Waals surface area contributed by atoms with Gasteiger partial charge in [0.15, 0.2) is 0 Å². The van der Waals surface area contributed by atoms with Gasteiger partial charge in [-0.1, -0.05) is 43.9 Å². The average Bonchev–Trinajstić information content (AvgIpc) is 2.40. The molecule has 0 aliphatic rings. The van der Waals surface area contributed by atoms with Crippen molar-refractivity contribution >= 4 is 11.9 Å². The van der Waals surface area contributed by atoms with Crippen molar-refractivity contribution in [2.75, 3.05) is 6.61 Å². The number of ether oxygens (including phenoxy) is 1. The Labute approximate surface area is 115 Å². The summed E-state index contributed by atoms with van der Waals surface area (Å²) >= 11 is 0. The molecule has 0 aliphatic carbocycles. The lowest BCUT2D eigenvalue weighted by atomic mass is 10.3. The van der Waals surface area contributed by atoms with Crippen LogP contribution in [0.1, 0.15) is 27.2 Å². The molecule has 0 fully saturated rings. The second kappa shape index (κ2) is 9.88. The van der Waals surface area contributed by atoms with E-state index >= 15 is 0 Å². The molecule has 0 rings (SSSR count). The zero-order chi connectivity index (χ0) is 14.7. The van der Waals surface area contributed by atoms with Gasteiger partial charge in [0.25, 0.3) is 0 Å². The van der Waals surface area contributed by atoms with Crippen LogP contribution in [0, 0.1) is 0 Å². The molecule has 0 saturated carbocycles. The van der Waals surface area contributed by atoms with Crippen LogP contribution in [0.2, 0.25) is 0 Å². The number of nitrogens with two attached hydrogens (primary N) is 1. The van der Waals surface area contributed by atoms with Gasteiger partial charge in [-0.2, -0.15) is 4.99 Å². The van der Waals surface area contributed by atoms with Crippen molar-refractivity contribution in [2.24, 2.45) is 10.7 Å². The zero-order valence-electron chi connectivity index (χ0n) is 11.8. The lowest BCUT2D eigenvalue weighted by molar-refractivity contribution is 0.168. The van der Waals surface area contributed by atoms with Gasteiger partial charge in [0.2, 0.25) is 0 Å². The lowest BCUT2D eigenvalue weighted by Gasteiger charge is -2.02. The van der Waals surface area contributed by atoms with Gasteiger partial charge in [0.1, 0.15) is 12.4 Å². The van der Waals surface area contributed by atoms with Gasteiger partial charge in [0, 0.05) is 0 Å². The summed E-state index contributed by atoms with van der Waals surface area (Å²) in [7, 11) is 0. The minimum atomic E-state index is -0.711. The standard InChI is InChI=1S/C15H22N2O2/c1-5-7-8-9-10-12(3)11-19-15(18)17-14(16)13(4)6-2/h6-10H,3,5,11H2,1-2,4H3,(H2,16,17,18)/b8-7-,10-9-,13-6+. The fraction of sp³-hybridized carbons (Fsp3) is 0.333. The Morgan fingerprint density at radius 2 is 2.11 bits per heavy atom. The molecule has 0 bridgehead atoms. The van der Waals surface area contributed by atoms with E-state index in [0.717, 1.165) is 12.0 Å². The maximum absolute atomic E-state index is 11.4. The van der Waals surface area contributed by atoms with Crippen LogP contribution < -0.4 is 5.73 Å². The molecule has 0 spiro atoms. The fourth-order valence-electron chi connectivity index (χ4n) is 0.976. The normalized spacial score (nSPS) is 13.2. The number of aliphatic imine (C=N–C) groups is 1. The number of carbonyl (C=O) groups is 1. The highest BCUT2D eigenvalue weighted by molar-refractivity contribution is 6.01. The number of rotatable bonds is 6. The fourth-order valence-corrected chi connectivity index (χ4v) is 0.976. The molecular formula is C15H22N2O2. The van der Waals surface area contributed by atoms with Gasteiger partial charge in [-0.05, 0) is 31.4 Å². The van der Waals surface area contributed by atoms with E-state index in [1.807, 2.05) is 25.2 Å². The van der Waals surface area contributed by atoms with Crippen molar-refractivity contribution in [1.82, 2.24) is 0 Å². The summed E-state index contributed by atoms with van der Waals surface area (Å²) in [6.07, 6.45) is 9.60. The average molecular weight is 262 g/mol. The summed E-state index contributed by atoms with van der Waals surface area (Å²) in [4.78, 5) is 15.0. The van der Waals surface area contributed by atoms with E-state index in [4.69, 9.17) is 10.5 Å². The second-order valence-electron chi connectivity index (χ2n) is 3.88. The van der Waals surface area contributed by atoms with Gasteiger partial charge >= 0.3 is 6.09 Å². The molecule has 0 radical (unpaired) electrons. The Balaban J connectivity index is 4.21. The molecule has 0 aromatic heterocycles. The van der Waals surface area contributed by atoms with E-state index in [9.17, 15) is 4.79 Å². The molecule has 0 aromatic carbocycles. The summed E-state index contributed by atoms with van der Waals surface area (Å²) in [6, 6.07) is 0. The highest BCUT2D eigenvalue weighted by Crippen LogP contribution is 1.98. The first-order valence-electron chi connectivity index (χ1n) is 6.16. The third-order valence-electron chi connectivity index (χ3n) is 2.24. The van der Waals surface area contributed by atoms with Gasteiger partial charge in [-0.25, -0.2) is 4.79 Å². The highest BCUT2D eigenvalue weighted by Gasteiger charge is 2.03. The zero-order valence-corrected chi connectivity index (χ0v) is 11.8. The Bertz CT molecular complexity index is 429. The maximum atomic E-state index is 11.4. The Morgan fingerprint density at radius 1 is 1.42 bits per heavy atom. The van der Waals surface area contributed by atoms with Crippen molar-refractivity contribution < 1.29 is 9.53 Å². The first-order chi connectivity index (χ1) is 9.01. The molecule has 104 valence electrons. The number of nitrogens with zero attached hydrogens (tertiary/aromatic N) is 1. The summed E-state index contributed by atoms with van der Waals surface area (Å²) in [5, 5.41) is 0. The summed E-state index contributed by atoms with van der Waals surface area (Å²) in [6.45, 7) is 9.51. The molecule has 0 saturated heterocycles. The van der Waals surface area contributed by atoms with Crippen molar-refractivity contribution in [3.05, 3.63) is 48.1 Å². The van der Waals surface area contributed by atoms with Crippen LogP contribution in [0.15, 0.2) is 53.1 Å². The van der Waals surface area contributed by atoms with E-state index < -0.39 is 6.09 Å². The molecule has 1 amide bonds. The van der Waals surface area contributed by atoms with E-state index in [-0.39, 0.29) is 12.4 Å². The van der Waals surface area contributed by atoms with Gasteiger partial charge in [0.05, 0.1) is 0 Å². The predicted octanol–water partition coefficient (Wildman–Crippen LogP) is 3.53. The summed E-state index contributed by atoms with van der Waals surface area (Å²) in [5.41, 5.74) is 7.01. The Kier molecular flexibility index (Phi) is 8.79. The molecule has 4 heteroatoms. The monoisotopic (exact) mass is 262 g/mol. The topological polar surface area (TPSA) is 64.7 Å². The van der Waals surface area contributed by atoms with Crippen LogP contribution in [-0.2, 0) is 4.74 Å². The molecule has 19 heavy (non-hydrogen) atoms.